The zero-order chi connectivity index (χ0) is 21.5. The normalized spacial score (nSPS) is 21.3. The van der Waals surface area contributed by atoms with E-state index in [9.17, 15) is 14.4 Å². The van der Waals surface area contributed by atoms with Crippen molar-refractivity contribution in [3.63, 3.8) is 0 Å². The standard InChI is InChI=1S/C20H24N2O6S2/c1-3-27-19(24)16-14(10-28-18(23)15-11-29-8-9-30-15)21-20(25)22-17(16)12-4-6-13(26-2)7-5-12/h4-7,15,17H,3,8-11H2,1-2H3,(H2,21,22,25)/t15-,17+/m0/s1. The van der Waals surface area contributed by atoms with Gasteiger partial charge in [0.15, 0.2) is 0 Å². The Morgan fingerprint density at radius 2 is 1.93 bits per heavy atom. The van der Waals surface area contributed by atoms with Crippen molar-refractivity contribution in [2.45, 2.75) is 18.2 Å². The van der Waals surface area contributed by atoms with Gasteiger partial charge in [0.05, 0.1) is 31.0 Å². The summed E-state index contributed by atoms with van der Waals surface area (Å²) < 4.78 is 15.8. The van der Waals surface area contributed by atoms with Crippen molar-refractivity contribution < 1.29 is 28.6 Å². The number of nitrogens with one attached hydrogen (secondary N) is 2. The molecule has 1 saturated heterocycles. The van der Waals surface area contributed by atoms with Crippen molar-refractivity contribution in [1.29, 1.82) is 0 Å². The van der Waals surface area contributed by atoms with E-state index in [0.717, 1.165) is 11.5 Å². The number of hydrogen-bond acceptors (Lipinski definition) is 8. The minimum atomic E-state index is -0.739. The molecule has 0 saturated carbocycles. The topological polar surface area (TPSA) is 103 Å². The fourth-order valence-corrected chi connectivity index (χ4v) is 5.62. The predicted octanol–water partition coefficient (Wildman–Crippen LogP) is 2.26. The summed E-state index contributed by atoms with van der Waals surface area (Å²) in [5, 5.41) is 5.10. The van der Waals surface area contributed by atoms with E-state index in [1.54, 1.807) is 61.8 Å². The van der Waals surface area contributed by atoms with Gasteiger partial charge in [-0.3, -0.25) is 4.79 Å². The highest BCUT2D eigenvalue weighted by Gasteiger charge is 2.34. The second-order valence-electron chi connectivity index (χ2n) is 6.46. The molecule has 2 aliphatic rings. The summed E-state index contributed by atoms with van der Waals surface area (Å²) in [6, 6.07) is 5.77. The van der Waals surface area contributed by atoms with E-state index in [1.807, 2.05) is 0 Å². The van der Waals surface area contributed by atoms with Gasteiger partial charge < -0.3 is 24.8 Å². The molecule has 0 bridgehead atoms. The van der Waals surface area contributed by atoms with Crippen molar-refractivity contribution in [2.24, 2.45) is 0 Å². The first-order valence-corrected chi connectivity index (χ1v) is 11.7. The van der Waals surface area contributed by atoms with E-state index in [-0.39, 0.29) is 35.7 Å². The predicted molar refractivity (Wildman–Crippen MR) is 116 cm³/mol. The molecule has 0 radical (unpaired) electrons. The van der Waals surface area contributed by atoms with Crippen LogP contribution in [0.4, 0.5) is 4.79 Å². The highest BCUT2D eigenvalue weighted by atomic mass is 32.2. The Kier molecular flexibility index (Phi) is 7.92. The fraction of sp³-hybridized carbons (Fsp3) is 0.450. The van der Waals surface area contributed by atoms with Gasteiger partial charge in [-0.05, 0) is 24.6 Å². The number of methoxy groups -OCH3 is 1. The fourth-order valence-electron chi connectivity index (χ4n) is 3.09. The molecule has 30 heavy (non-hydrogen) atoms. The highest BCUT2D eigenvalue weighted by Crippen LogP contribution is 2.30. The molecule has 2 atom stereocenters. The lowest BCUT2D eigenvalue weighted by molar-refractivity contribution is -0.142. The average molecular weight is 453 g/mol. The maximum Gasteiger partial charge on any atom is 0.338 e. The van der Waals surface area contributed by atoms with Crippen molar-refractivity contribution in [3.8, 4) is 5.75 Å². The molecule has 0 aromatic heterocycles. The second kappa shape index (κ2) is 10.6. The van der Waals surface area contributed by atoms with Crippen LogP contribution in [-0.2, 0) is 19.1 Å². The summed E-state index contributed by atoms with van der Waals surface area (Å²) in [6.45, 7) is 1.66. The van der Waals surface area contributed by atoms with Gasteiger partial charge in [-0.1, -0.05) is 12.1 Å². The maximum absolute atomic E-state index is 12.7. The molecule has 0 spiro atoms. The Bertz CT molecular complexity index is 821. The minimum Gasteiger partial charge on any atom is -0.497 e. The van der Waals surface area contributed by atoms with Crippen molar-refractivity contribution in [1.82, 2.24) is 10.6 Å². The number of carbonyl (C=O) groups excluding carboxylic acids is 3. The smallest absolute Gasteiger partial charge is 0.338 e. The van der Waals surface area contributed by atoms with Gasteiger partial charge in [0.25, 0.3) is 0 Å². The monoisotopic (exact) mass is 452 g/mol. The Hall–Kier alpha value is -2.33. The second-order valence-corrected chi connectivity index (χ2v) is 8.92. The van der Waals surface area contributed by atoms with Crippen molar-refractivity contribution >= 4 is 41.5 Å². The molecule has 8 nitrogen and oxygen atoms in total. The van der Waals surface area contributed by atoms with E-state index in [4.69, 9.17) is 14.2 Å². The van der Waals surface area contributed by atoms with Gasteiger partial charge in [-0.25, -0.2) is 9.59 Å². The van der Waals surface area contributed by atoms with Crippen LogP contribution in [0, 0.1) is 0 Å². The van der Waals surface area contributed by atoms with Crippen LogP contribution < -0.4 is 15.4 Å². The van der Waals surface area contributed by atoms with Gasteiger partial charge >= 0.3 is 18.0 Å². The number of urea groups is 1. The number of benzene rings is 1. The Labute approximate surface area is 183 Å². The lowest BCUT2D eigenvalue weighted by Gasteiger charge is -2.29. The molecule has 1 fully saturated rings. The van der Waals surface area contributed by atoms with Gasteiger partial charge in [-0.15, -0.1) is 11.8 Å². The molecule has 2 aliphatic heterocycles. The van der Waals surface area contributed by atoms with Crippen molar-refractivity contribution in [3.05, 3.63) is 41.1 Å². The molecule has 10 heteroatoms. The first-order chi connectivity index (χ1) is 14.5. The number of amides is 2. The molecule has 162 valence electrons. The SMILES string of the molecule is CCOC(=O)C1=C(COC(=O)[C@@H]2CSCCS2)NC(=O)N[C@@H]1c1ccc(OC)cc1. The zero-order valence-electron chi connectivity index (χ0n) is 16.8. The van der Waals surface area contributed by atoms with E-state index in [2.05, 4.69) is 10.6 Å². The molecule has 2 N–H and O–H groups in total. The summed E-state index contributed by atoms with van der Waals surface area (Å²) in [6.07, 6.45) is 0. The third-order valence-electron chi connectivity index (χ3n) is 4.54. The van der Waals surface area contributed by atoms with E-state index < -0.39 is 18.0 Å². The van der Waals surface area contributed by atoms with Crippen LogP contribution in [0.3, 0.4) is 0 Å². The highest BCUT2D eigenvalue weighted by molar-refractivity contribution is 8.07. The summed E-state index contributed by atoms with van der Waals surface area (Å²) >= 11 is 3.27. The van der Waals surface area contributed by atoms with Crippen LogP contribution in [-0.4, -0.2) is 60.8 Å². The number of ether oxygens (including phenoxy) is 3. The molecular weight excluding hydrogens is 428 g/mol. The van der Waals surface area contributed by atoms with Gasteiger partial charge in [0, 0.05) is 17.3 Å². The third kappa shape index (κ3) is 5.42. The molecule has 0 unspecified atom stereocenters. The summed E-state index contributed by atoms with van der Waals surface area (Å²) in [7, 11) is 1.56. The van der Waals surface area contributed by atoms with Crippen LogP contribution in [0.2, 0.25) is 0 Å². The molecule has 1 aromatic carbocycles. The number of hydrogen-bond donors (Lipinski definition) is 2. The first-order valence-electron chi connectivity index (χ1n) is 9.51. The molecular formula is C20H24N2O6S2. The van der Waals surface area contributed by atoms with Crippen LogP contribution >= 0.6 is 23.5 Å². The van der Waals surface area contributed by atoms with Crippen LogP contribution in [0.5, 0.6) is 5.75 Å². The van der Waals surface area contributed by atoms with E-state index >= 15 is 0 Å². The molecule has 2 heterocycles. The lowest BCUT2D eigenvalue weighted by Crippen LogP contribution is -2.47. The summed E-state index contributed by atoms with van der Waals surface area (Å²) in [5.74, 6) is 2.31. The Morgan fingerprint density at radius 1 is 1.17 bits per heavy atom. The third-order valence-corrected chi connectivity index (χ3v) is 7.27. The number of rotatable bonds is 7. The molecule has 0 aliphatic carbocycles. The molecule has 1 aromatic rings. The van der Waals surface area contributed by atoms with Gasteiger partial charge in [0.1, 0.15) is 17.6 Å². The summed E-state index contributed by atoms with van der Waals surface area (Å²) in [4.78, 5) is 37.4. The average Bonchev–Trinajstić information content (AvgIpc) is 2.77. The molecule has 2 amide bonds. The number of carbonyl (C=O) groups is 3. The molecule has 3 rings (SSSR count). The van der Waals surface area contributed by atoms with Gasteiger partial charge in [-0.2, -0.15) is 11.8 Å². The van der Waals surface area contributed by atoms with Crippen LogP contribution in [0.15, 0.2) is 35.5 Å². The van der Waals surface area contributed by atoms with Crippen molar-refractivity contribution in [2.75, 3.05) is 37.6 Å². The van der Waals surface area contributed by atoms with Gasteiger partial charge in [0.2, 0.25) is 0 Å². The largest absolute Gasteiger partial charge is 0.497 e. The minimum absolute atomic E-state index is 0.175. The zero-order valence-corrected chi connectivity index (χ0v) is 18.4. The van der Waals surface area contributed by atoms with Crippen LogP contribution in [0.25, 0.3) is 0 Å². The summed E-state index contributed by atoms with van der Waals surface area (Å²) in [5.41, 5.74) is 1.11. The Balaban J connectivity index is 1.86. The van der Waals surface area contributed by atoms with E-state index in [0.29, 0.717) is 17.1 Å². The quantitative estimate of drug-likeness (QED) is 0.608. The lowest BCUT2D eigenvalue weighted by atomic mass is 9.95. The number of esters is 2. The number of thioether (sulfide) groups is 2. The first kappa shape index (κ1) is 22.4. The van der Waals surface area contributed by atoms with Crippen LogP contribution in [0.1, 0.15) is 18.5 Å². The Morgan fingerprint density at radius 3 is 2.57 bits per heavy atom. The van der Waals surface area contributed by atoms with E-state index in [1.165, 1.54) is 0 Å². The maximum atomic E-state index is 12.7.